The minimum absolute atomic E-state index is 0.435. The van der Waals surface area contributed by atoms with Crippen molar-refractivity contribution in [2.75, 3.05) is 0 Å². The maximum Gasteiger partial charge on any atom is 0.0240 e. The van der Waals surface area contributed by atoms with Crippen molar-refractivity contribution >= 4 is 0 Å². The molecule has 0 fully saturated rings. The Bertz CT molecular complexity index is 374. The smallest absolute Gasteiger partial charge is 0.0240 e. The molecule has 0 aliphatic rings. The molecule has 0 spiro atoms. The topological polar surface area (TPSA) is 12.0 Å². The maximum absolute atomic E-state index is 5.34. The van der Waals surface area contributed by atoms with Crippen molar-refractivity contribution in [3.63, 3.8) is 0 Å². The molecule has 0 amide bonds. The zero-order valence-corrected chi connectivity index (χ0v) is 10.5. The summed E-state index contributed by atoms with van der Waals surface area (Å²) in [4.78, 5) is 0. The molecular formula is C15H21N. The Morgan fingerprint density at radius 1 is 1.38 bits per heavy atom. The van der Waals surface area contributed by atoms with E-state index in [1.165, 1.54) is 16.7 Å². The molecular weight excluding hydrogens is 194 g/mol. The summed E-state index contributed by atoms with van der Waals surface area (Å²) in [6.07, 6.45) is 7.22. The van der Waals surface area contributed by atoms with Crippen LogP contribution in [0, 0.1) is 26.2 Å². The molecule has 1 aromatic rings. The van der Waals surface area contributed by atoms with E-state index in [0.717, 1.165) is 19.4 Å². The van der Waals surface area contributed by atoms with Gasteiger partial charge in [-0.15, -0.1) is 12.3 Å². The SMILES string of the molecule is C#CCC(CC)NCc1cccc(C)c1C. The lowest BCUT2D eigenvalue weighted by Crippen LogP contribution is -2.27. The Morgan fingerprint density at radius 2 is 2.12 bits per heavy atom. The van der Waals surface area contributed by atoms with Gasteiger partial charge in [0.15, 0.2) is 0 Å². The fourth-order valence-corrected chi connectivity index (χ4v) is 1.76. The van der Waals surface area contributed by atoms with Crippen LogP contribution in [0.25, 0.3) is 0 Å². The van der Waals surface area contributed by atoms with E-state index in [-0.39, 0.29) is 0 Å². The lowest BCUT2D eigenvalue weighted by atomic mass is 10.0. The van der Waals surface area contributed by atoms with Crippen molar-refractivity contribution in [2.45, 2.75) is 46.2 Å². The number of hydrogen-bond donors (Lipinski definition) is 1. The van der Waals surface area contributed by atoms with Gasteiger partial charge >= 0.3 is 0 Å². The Kier molecular flexibility index (Phi) is 5.08. The number of hydrogen-bond acceptors (Lipinski definition) is 1. The van der Waals surface area contributed by atoms with E-state index in [4.69, 9.17) is 6.42 Å². The molecule has 1 N–H and O–H groups in total. The third-order valence-corrected chi connectivity index (χ3v) is 3.16. The molecule has 16 heavy (non-hydrogen) atoms. The summed E-state index contributed by atoms with van der Waals surface area (Å²) in [7, 11) is 0. The highest BCUT2D eigenvalue weighted by molar-refractivity contribution is 5.32. The second kappa shape index (κ2) is 6.35. The van der Waals surface area contributed by atoms with Crippen LogP contribution < -0.4 is 5.32 Å². The largest absolute Gasteiger partial charge is 0.309 e. The van der Waals surface area contributed by atoms with Crippen LogP contribution in [-0.2, 0) is 6.54 Å². The van der Waals surface area contributed by atoms with Crippen LogP contribution >= 0.6 is 0 Å². The number of terminal acetylenes is 1. The number of nitrogens with one attached hydrogen (secondary N) is 1. The molecule has 0 heterocycles. The minimum atomic E-state index is 0.435. The van der Waals surface area contributed by atoms with Gasteiger partial charge in [-0.2, -0.15) is 0 Å². The average molecular weight is 215 g/mol. The third-order valence-electron chi connectivity index (χ3n) is 3.16. The van der Waals surface area contributed by atoms with Crippen molar-refractivity contribution in [3.8, 4) is 12.3 Å². The molecule has 0 aromatic heterocycles. The lowest BCUT2D eigenvalue weighted by molar-refractivity contribution is 0.506. The second-order valence-corrected chi connectivity index (χ2v) is 4.25. The van der Waals surface area contributed by atoms with E-state index in [1.807, 2.05) is 0 Å². The summed E-state index contributed by atoms with van der Waals surface area (Å²) in [6.45, 7) is 7.40. The van der Waals surface area contributed by atoms with Gasteiger partial charge in [-0.05, 0) is 37.0 Å². The zero-order valence-electron chi connectivity index (χ0n) is 10.5. The van der Waals surface area contributed by atoms with Gasteiger partial charge in [-0.1, -0.05) is 25.1 Å². The van der Waals surface area contributed by atoms with Crippen molar-refractivity contribution < 1.29 is 0 Å². The minimum Gasteiger partial charge on any atom is -0.309 e. The van der Waals surface area contributed by atoms with E-state index in [1.54, 1.807) is 0 Å². The number of benzene rings is 1. The summed E-state index contributed by atoms with van der Waals surface area (Å²) in [5.41, 5.74) is 4.10. The molecule has 1 unspecified atom stereocenters. The van der Waals surface area contributed by atoms with Gasteiger partial charge in [-0.25, -0.2) is 0 Å². The van der Waals surface area contributed by atoms with E-state index in [2.05, 4.69) is 50.2 Å². The fraction of sp³-hybridized carbons (Fsp3) is 0.467. The van der Waals surface area contributed by atoms with E-state index in [0.29, 0.717) is 6.04 Å². The van der Waals surface area contributed by atoms with Gasteiger partial charge in [-0.3, -0.25) is 0 Å². The van der Waals surface area contributed by atoms with Crippen molar-refractivity contribution in [3.05, 3.63) is 34.9 Å². The van der Waals surface area contributed by atoms with E-state index < -0.39 is 0 Å². The molecule has 0 bridgehead atoms. The van der Waals surface area contributed by atoms with Crippen LogP contribution in [-0.4, -0.2) is 6.04 Å². The van der Waals surface area contributed by atoms with E-state index in [9.17, 15) is 0 Å². The highest BCUT2D eigenvalue weighted by atomic mass is 14.9. The summed E-state index contributed by atoms with van der Waals surface area (Å²) in [5, 5.41) is 3.51. The molecule has 1 atom stereocenters. The number of rotatable bonds is 5. The van der Waals surface area contributed by atoms with Crippen LogP contribution in [0.2, 0.25) is 0 Å². The zero-order chi connectivity index (χ0) is 12.0. The van der Waals surface area contributed by atoms with Crippen molar-refractivity contribution in [1.29, 1.82) is 0 Å². The molecule has 0 radical (unpaired) electrons. The van der Waals surface area contributed by atoms with Crippen LogP contribution in [0.15, 0.2) is 18.2 Å². The molecule has 1 heteroatoms. The quantitative estimate of drug-likeness (QED) is 0.744. The monoisotopic (exact) mass is 215 g/mol. The van der Waals surface area contributed by atoms with Crippen LogP contribution in [0.4, 0.5) is 0 Å². The standard InChI is InChI=1S/C15H21N/c1-5-8-15(6-2)16-11-14-10-7-9-12(3)13(14)4/h1,7,9-10,15-16H,6,8,11H2,2-4H3. The number of aryl methyl sites for hydroxylation is 1. The summed E-state index contributed by atoms with van der Waals surface area (Å²) >= 11 is 0. The molecule has 1 aromatic carbocycles. The average Bonchev–Trinajstić information content (AvgIpc) is 2.29. The summed E-state index contributed by atoms with van der Waals surface area (Å²) in [5.74, 6) is 2.72. The van der Waals surface area contributed by atoms with Gasteiger partial charge < -0.3 is 5.32 Å². The highest BCUT2D eigenvalue weighted by Gasteiger charge is 2.05. The van der Waals surface area contributed by atoms with Crippen LogP contribution in [0.5, 0.6) is 0 Å². The summed E-state index contributed by atoms with van der Waals surface area (Å²) < 4.78 is 0. The van der Waals surface area contributed by atoms with Crippen LogP contribution in [0.3, 0.4) is 0 Å². The maximum atomic E-state index is 5.34. The predicted octanol–water partition coefficient (Wildman–Crippen LogP) is 3.19. The molecule has 1 nitrogen and oxygen atoms in total. The van der Waals surface area contributed by atoms with Gasteiger partial charge in [0.2, 0.25) is 0 Å². The third kappa shape index (κ3) is 3.40. The molecule has 0 aliphatic carbocycles. The Morgan fingerprint density at radius 3 is 2.75 bits per heavy atom. The first-order valence-corrected chi connectivity index (χ1v) is 5.91. The first-order chi connectivity index (χ1) is 7.69. The first kappa shape index (κ1) is 12.8. The van der Waals surface area contributed by atoms with Gasteiger partial charge in [0.25, 0.3) is 0 Å². The van der Waals surface area contributed by atoms with Crippen molar-refractivity contribution in [2.24, 2.45) is 0 Å². The first-order valence-electron chi connectivity index (χ1n) is 5.91. The summed E-state index contributed by atoms with van der Waals surface area (Å²) in [6, 6.07) is 6.88. The van der Waals surface area contributed by atoms with Crippen molar-refractivity contribution in [1.82, 2.24) is 5.32 Å². The van der Waals surface area contributed by atoms with Gasteiger partial charge in [0.05, 0.1) is 0 Å². The molecule has 0 saturated heterocycles. The normalized spacial score (nSPS) is 12.1. The van der Waals surface area contributed by atoms with E-state index >= 15 is 0 Å². The Balaban J connectivity index is 2.60. The van der Waals surface area contributed by atoms with Gasteiger partial charge in [0.1, 0.15) is 0 Å². The highest BCUT2D eigenvalue weighted by Crippen LogP contribution is 2.12. The lowest BCUT2D eigenvalue weighted by Gasteiger charge is -2.16. The van der Waals surface area contributed by atoms with Gasteiger partial charge in [0, 0.05) is 19.0 Å². The fourth-order valence-electron chi connectivity index (χ4n) is 1.76. The molecule has 86 valence electrons. The molecule has 1 rings (SSSR count). The molecule has 0 saturated carbocycles. The predicted molar refractivity (Wildman–Crippen MR) is 70.3 cm³/mol. The Labute approximate surface area is 99.3 Å². The second-order valence-electron chi connectivity index (χ2n) is 4.25. The molecule has 0 aliphatic heterocycles. The Hall–Kier alpha value is -1.26. The van der Waals surface area contributed by atoms with Crippen LogP contribution in [0.1, 0.15) is 36.5 Å².